The van der Waals surface area contributed by atoms with Crippen molar-refractivity contribution in [3.05, 3.63) is 71.8 Å². The molecular formula is C28H35N3O9. The van der Waals surface area contributed by atoms with Crippen molar-refractivity contribution in [2.75, 3.05) is 6.54 Å². The molecule has 3 amide bonds. The third-order valence-corrected chi connectivity index (χ3v) is 5.23. The Morgan fingerprint density at radius 2 is 1.43 bits per heavy atom. The Labute approximate surface area is 232 Å². The number of carbonyl (C=O) groups excluding carboxylic acids is 4. The van der Waals surface area contributed by atoms with Crippen molar-refractivity contribution in [3.8, 4) is 0 Å². The summed E-state index contributed by atoms with van der Waals surface area (Å²) < 4.78 is 15.3. The predicted molar refractivity (Wildman–Crippen MR) is 143 cm³/mol. The quantitative estimate of drug-likeness (QED) is 0.226. The van der Waals surface area contributed by atoms with Crippen molar-refractivity contribution in [2.24, 2.45) is 0 Å². The van der Waals surface area contributed by atoms with E-state index in [1.165, 1.54) is 6.92 Å². The molecule has 0 saturated carbocycles. The SMILES string of the molecule is C[C@H](OC(=O)CNC(=O)OC(C)(C)C)[C@H](NC(=O)[C@H](Cc1ccccc1)NC(=O)OCc1ccccc1)C(=O)O. The second-order valence-electron chi connectivity index (χ2n) is 9.82. The second-order valence-corrected chi connectivity index (χ2v) is 9.82. The molecule has 0 aromatic heterocycles. The number of aliphatic carboxylic acids is 1. The molecule has 216 valence electrons. The van der Waals surface area contributed by atoms with Crippen molar-refractivity contribution in [1.29, 1.82) is 0 Å². The van der Waals surface area contributed by atoms with Crippen LogP contribution in [0.2, 0.25) is 0 Å². The Balaban J connectivity index is 2.03. The summed E-state index contributed by atoms with van der Waals surface area (Å²) in [5.74, 6) is -3.25. The van der Waals surface area contributed by atoms with Crippen molar-refractivity contribution in [1.82, 2.24) is 16.0 Å². The molecule has 0 spiro atoms. The van der Waals surface area contributed by atoms with Crippen LogP contribution >= 0.6 is 0 Å². The van der Waals surface area contributed by atoms with Gasteiger partial charge in [-0.25, -0.2) is 14.4 Å². The third kappa shape index (κ3) is 11.8. The maximum absolute atomic E-state index is 13.2. The zero-order valence-corrected chi connectivity index (χ0v) is 22.8. The number of ether oxygens (including phenoxy) is 3. The van der Waals surface area contributed by atoms with Gasteiger partial charge < -0.3 is 35.3 Å². The number of hydrogen-bond acceptors (Lipinski definition) is 8. The summed E-state index contributed by atoms with van der Waals surface area (Å²) in [5, 5.41) is 16.7. The molecule has 0 saturated heterocycles. The van der Waals surface area contributed by atoms with Gasteiger partial charge in [-0.05, 0) is 38.8 Å². The Hall–Kier alpha value is -4.61. The molecule has 0 bridgehead atoms. The van der Waals surface area contributed by atoms with Crippen LogP contribution in [0.3, 0.4) is 0 Å². The molecule has 2 aromatic carbocycles. The van der Waals surface area contributed by atoms with Gasteiger partial charge in [0.1, 0.15) is 30.9 Å². The smallest absolute Gasteiger partial charge is 0.408 e. The fraction of sp³-hybridized carbons (Fsp3) is 0.393. The Morgan fingerprint density at radius 3 is 1.98 bits per heavy atom. The molecule has 0 radical (unpaired) electrons. The average molecular weight is 558 g/mol. The summed E-state index contributed by atoms with van der Waals surface area (Å²) in [6.07, 6.45) is -3.02. The number of esters is 1. The maximum Gasteiger partial charge on any atom is 0.408 e. The van der Waals surface area contributed by atoms with Crippen molar-refractivity contribution < 1.29 is 43.3 Å². The van der Waals surface area contributed by atoms with Crippen LogP contribution in [0.5, 0.6) is 0 Å². The molecule has 12 nitrogen and oxygen atoms in total. The summed E-state index contributed by atoms with van der Waals surface area (Å²) in [4.78, 5) is 61.5. The zero-order chi connectivity index (χ0) is 29.7. The van der Waals surface area contributed by atoms with Crippen LogP contribution in [0.4, 0.5) is 9.59 Å². The van der Waals surface area contributed by atoms with E-state index in [0.29, 0.717) is 5.56 Å². The Bertz CT molecular complexity index is 1150. The largest absolute Gasteiger partial charge is 0.480 e. The number of amides is 3. The highest BCUT2D eigenvalue weighted by molar-refractivity contribution is 5.90. The summed E-state index contributed by atoms with van der Waals surface area (Å²) in [5.41, 5.74) is 0.660. The highest BCUT2D eigenvalue weighted by atomic mass is 16.6. The van der Waals surface area contributed by atoms with Crippen LogP contribution in [-0.4, -0.2) is 65.5 Å². The monoisotopic (exact) mass is 557 g/mol. The van der Waals surface area contributed by atoms with Gasteiger partial charge in [0.15, 0.2) is 6.04 Å². The van der Waals surface area contributed by atoms with E-state index in [9.17, 15) is 29.1 Å². The van der Waals surface area contributed by atoms with Crippen molar-refractivity contribution in [2.45, 2.75) is 64.5 Å². The number of carboxylic acid groups (broad SMARTS) is 1. The number of alkyl carbamates (subject to hydrolysis) is 2. The molecule has 0 aliphatic rings. The molecule has 2 aromatic rings. The van der Waals surface area contributed by atoms with E-state index in [1.54, 1.807) is 75.4 Å². The van der Waals surface area contributed by atoms with Crippen LogP contribution in [0.15, 0.2) is 60.7 Å². The summed E-state index contributed by atoms with van der Waals surface area (Å²) >= 11 is 0. The van der Waals surface area contributed by atoms with Crippen molar-refractivity contribution >= 4 is 30.0 Å². The first-order valence-corrected chi connectivity index (χ1v) is 12.5. The van der Waals surface area contributed by atoms with E-state index in [-0.39, 0.29) is 13.0 Å². The van der Waals surface area contributed by atoms with Gasteiger partial charge in [0.2, 0.25) is 5.91 Å². The number of rotatable bonds is 12. The minimum atomic E-state index is -1.65. The summed E-state index contributed by atoms with van der Waals surface area (Å²) in [6, 6.07) is 14.9. The molecule has 0 unspecified atom stereocenters. The van der Waals surface area contributed by atoms with E-state index >= 15 is 0 Å². The molecule has 0 aliphatic heterocycles. The van der Waals surface area contributed by atoms with Crippen LogP contribution in [-0.2, 0) is 41.6 Å². The van der Waals surface area contributed by atoms with E-state index in [1.807, 2.05) is 6.07 Å². The maximum atomic E-state index is 13.2. The van der Waals surface area contributed by atoms with Gasteiger partial charge in [-0.2, -0.15) is 0 Å². The molecule has 3 atom stereocenters. The lowest BCUT2D eigenvalue weighted by molar-refractivity contribution is -0.155. The van der Waals surface area contributed by atoms with E-state index < -0.39 is 60.4 Å². The van der Waals surface area contributed by atoms with Crippen molar-refractivity contribution in [3.63, 3.8) is 0 Å². The molecule has 0 heterocycles. The highest BCUT2D eigenvalue weighted by Gasteiger charge is 2.33. The van der Waals surface area contributed by atoms with Crippen LogP contribution < -0.4 is 16.0 Å². The lowest BCUT2D eigenvalue weighted by Crippen LogP contribution is -2.56. The van der Waals surface area contributed by atoms with Gasteiger partial charge in [0.05, 0.1) is 0 Å². The number of hydrogen-bond donors (Lipinski definition) is 4. The lowest BCUT2D eigenvalue weighted by Gasteiger charge is -2.25. The second kappa shape index (κ2) is 15.1. The molecule has 12 heteroatoms. The fourth-order valence-corrected chi connectivity index (χ4v) is 3.38. The fourth-order valence-electron chi connectivity index (χ4n) is 3.38. The third-order valence-electron chi connectivity index (χ3n) is 5.23. The molecule has 4 N–H and O–H groups in total. The van der Waals surface area contributed by atoms with Gasteiger partial charge in [-0.1, -0.05) is 60.7 Å². The van der Waals surface area contributed by atoms with Gasteiger partial charge >= 0.3 is 24.1 Å². The molecule has 2 rings (SSSR count). The number of benzene rings is 2. The van der Waals surface area contributed by atoms with Gasteiger partial charge in [0, 0.05) is 6.42 Å². The molecule has 0 aliphatic carbocycles. The first-order valence-electron chi connectivity index (χ1n) is 12.5. The van der Waals surface area contributed by atoms with E-state index in [2.05, 4.69) is 16.0 Å². The van der Waals surface area contributed by atoms with E-state index in [0.717, 1.165) is 5.56 Å². The summed E-state index contributed by atoms with van der Waals surface area (Å²) in [6.45, 7) is 5.61. The topological polar surface area (TPSA) is 169 Å². The zero-order valence-electron chi connectivity index (χ0n) is 22.8. The number of carboxylic acids is 1. The Kier molecular flexibility index (Phi) is 11.9. The molecular weight excluding hydrogens is 522 g/mol. The highest BCUT2D eigenvalue weighted by Crippen LogP contribution is 2.09. The number of nitrogens with one attached hydrogen (secondary N) is 3. The van der Waals surface area contributed by atoms with Gasteiger partial charge in [0.25, 0.3) is 0 Å². The molecule has 40 heavy (non-hydrogen) atoms. The average Bonchev–Trinajstić information content (AvgIpc) is 2.89. The lowest BCUT2D eigenvalue weighted by atomic mass is 10.0. The number of carbonyl (C=O) groups is 5. The van der Waals surface area contributed by atoms with E-state index in [4.69, 9.17) is 14.2 Å². The van der Waals surface area contributed by atoms with Crippen LogP contribution in [0.1, 0.15) is 38.8 Å². The van der Waals surface area contributed by atoms with Gasteiger partial charge in [-0.15, -0.1) is 0 Å². The first kappa shape index (κ1) is 31.6. The summed E-state index contributed by atoms with van der Waals surface area (Å²) in [7, 11) is 0. The Morgan fingerprint density at radius 1 is 0.850 bits per heavy atom. The molecule has 0 fully saturated rings. The van der Waals surface area contributed by atoms with Crippen LogP contribution in [0, 0.1) is 0 Å². The first-order chi connectivity index (χ1) is 18.8. The minimum absolute atomic E-state index is 0.0333. The predicted octanol–water partition coefficient (Wildman–Crippen LogP) is 2.55. The standard InChI is InChI=1S/C28H35N3O9/c1-18(39-22(32)16-29-26(36)40-28(2,3)4)23(25(34)35)31-24(33)21(15-19-11-7-5-8-12-19)30-27(37)38-17-20-13-9-6-10-14-20/h5-14,18,21,23H,15-17H2,1-4H3,(H,29,36)(H,30,37)(H,31,33)(H,34,35)/t18-,21-,23-/m0/s1. The van der Waals surface area contributed by atoms with Gasteiger partial charge in [-0.3, -0.25) is 9.59 Å². The minimum Gasteiger partial charge on any atom is -0.480 e. The normalized spacial score (nSPS) is 13.1. The van der Waals surface area contributed by atoms with Crippen LogP contribution in [0.25, 0.3) is 0 Å².